The lowest BCUT2D eigenvalue weighted by molar-refractivity contribution is -0.302. The second kappa shape index (κ2) is 28.0. The van der Waals surface area contributed by atoms with Gasteiger partial charge in [0, 0.05) is 6.42 Å². The van der Waals surface area contributed by atoms with Gasteiger partial charge in [0.2, 0.25) is 5.91 Å². The van der Waals surface area contributed by atoms with Crippen LogP contribution in [0.4, 0.5) is 0 Å². The third-order valence-corrected chi connectivity index (χ3v) is 7.83. The molecule has 0 spiro atoms. The Morgan fingerprint density at radius 1 is 0.761 bits per heavy atom. The zero-order valence-electron chi connectivity index (χ0n) is 28.3. The fourth-order valence-electron chi connectivity index (χ4n) is 4.93. The van der Waals surface area contributed by atoms with Crippen molar-refractivity contribution < 1.29 is 39.8 Å². The van der Waals surface area contributed by atoms with Crippen molar-refractivity contribution in [2.24, 2.45) is 0 Å². The molecule has 6 N–H and O–H groups in total. The molecule has 9 nitrogen and oxygen atoms in total. The fraction of sp³-hybridized carbons (Fsp3) is 0.703. The summed E-state index contributed by atoms with van der Waals surface area (Å²) in [6.07, 6.45) is 27.1. The van der Waals surface area contributed by atoms with E-state index in [1.54, 1.807) is 6.08 Å². The molecule has 0 bridgehead atoms. The van der Waals surface area contributed by atoms with Crippen LogP contribution in [-0.2, 0) is 14.3 Å². The van der Waals surface area contributed by atoms with Crippen molar-refractivity contribution in [1.82, 2.24) is 5.32 Å². The van der Waals surface area contributed by atoms with E-state index >= 15 is 0 Å². The summed E-state index contributed by atoms with van der Waals surface area (Å²) >= 11 is 0. The Morgan fingerprint density at radius 3 is 2.09 bits per heavy atom. The maximum atomic E-state index is 12.8. The van der Waals surface area contributed by atoms with Gasteiger partial charge in [0.25, 0.3) is 0 Å². The Hall–Kier alpha value is -2.11. The van der Waals surface area contributed by atoms with Crippen LogP contribution < -0.4 is 5.32 Å². The molecule has 0 aliphatic carbocycles. The zero-order valence-corrected chi connectivity index (χ0v) is 28.3. The molecule has 0 aromatic rings. The molecule has 1 heterocycles. The molecule has 0 aromatic carbocycles. The minimum absolute atomic E-state index is 0.212. The maximum Gasteiger partial charge on any atom is 0.220 e. The highest BCUT2D eigenvalue weighted by Gasteiger charge is 2.44. The van der Waals surface area contributed by atoms with E-state index in [1.807, 2.05) is 6.08 Å². The molecule has 1 fully saturated rings. The van der Waals surface area contributed by atoms with Gasteiger partial charge in [-0.1, -0.05) is 107 Å². The number of hydrogen-bond acceptors (Lipinski definition) is 8. The molecule has 1 aliphatic heterocycles. The quantitative estimate of drug-likeness (QED) is 0.0545. The van der Waals surface area contributed by atoms with Crippen molar-refractivity contribution >= 4 is 5.91 Å². The molecule has 7 atom stereocenters. The number of carbonyl (C=O) groups is 1. The monoisotopic (exact) mass is 649 g/mol. The van der Waals surface area contributed by atoms with Crippen LogP contribution in [-0.4, -0.2) is 87.5 Å². The molecule has 1 aliphatic rings. The van der Waals surface area contributed by atoms with Gasteiger partial charge in [-0.25, -0.2) is 0 Å². The summed E-state index contributed by atoms with van der Waals surface area (Å²) in [5, 5.41) is 53.6. The summed E-state index contributed by atoms with van der Waals surface area (Å²) < 4.78 is 11.1. The van der Waals surface area contributed by atoms with Gasteiger partial charge in [0.15, 0.2) is 6.29 Å². The van der Waals surface area contributed by atoms with Crippen molar-refractivity contribution in [1.29, 1.82) is 0 Å². The van der Waals surface area contributed by atoms with Gasteiger partial charge in [-0.3, -0.25) is 4.79 Å². The van der Waals surface area contributed by atoms with Gasteiger partial charge in [-0.2, -0.15) is 0 Å². The summed E-state index contributed by atoms with van der Waals surface area (Å²) in [4.78, 5) is 12.8. The fourth-order valence-corrected chi connectivity index (χ4v) is 4.93. The summed E-state index contributed by atoms with van der Waals surface area (Å²) in [5.41, 5.74) is 0. The predicted molar refractivity (Wildman–Crippen MR) is 184 cm³/mol. The molecular formula is C37H63NO8. The Bertz CT molecular complexity index is 900. The van der Waals surface area contributed by atoms with Crippen LogP contribution in [0, 0.1) is 0 Å². The Labute approximate surface area is 277 Å². The van der Waals surface area contributed by atoms with Gasteiger partial charge in [0.05, 0.1) is 25.4 Å². The lowest BCUT2D eigenvalue weighted by Crippen LogP contribution is -2.60. The van der Waals surface area contributed by atoms with Crippen molar-refractivity contribution in [3.63, 3.8) is 0 Å². The lowest BCUT2D eigenvalue weighted by Gasteiger charge is -2.40. The minimum Gasteiger partial charge on any atom is -0.394 e. The van der Waals surface area contributed by atoms with Crippen molar-refractivity contribution in [2.75, 3.05) is 13.2 Å². The van der Waals surface area contributed by atoms with E-state index in [-0.39, 0.29) is 12.5 Å². The first-order valence-electron chi connectivity index (χ1n) is 17.5. The molecule has 0 saturated carbocycles. The van der Waals surface area contributed by atoms with Crippen molar-refractivity contribution in [2.45, 2.75) is 153 Å². The molecule has 0 radical (unpaired) electrons. The number of nitrogens with one attached hydrogen (secondary N) is 1. The second-order valence-corrected chi connectivity index (χ2v) is 11.9. The van der Waals surface area contributed by atoms with Gasteiger partial charge in [-0.05, 0) is 57.8 Å². The van der Waals surface area contributed by atoms with E-state index < -0.39 is 49.5 Å². The van der Waals surface area contributed by atoms with E-state index in [0.29, 0.717) is 6.42 Å². The smallest absolute Gasteiger partial charge is 0.220 e. The minimum atomic E-state index is -1.57. The Kier molecular flexibility index (Phi) is 25.5. The predicted octanol–water partition coefficient (Wildman–Crippen LogP) is 5.32. The summed E-state index contributed by atoms with van der Waals surface area (Å²) in [5.74, 6) is -0.213. The number of aliphatic hydroxyl groups is 5. The van der Waals surface area contributed by atoms with Crippen LogP contribution in [0.1, 0.15) is 110 Å². The molecule has 1 saturated heterocycles. The number of unbranched alkanes of at least 4 members (excludes halogenated alkanes) is 8. The first kappa shape index (κ1) is 41.9. The molecule has 1 rings (SSSR count). The van der Waals surface area contributed by atoms with E-state index in [0.717, 1.165) is 89.9 Å². The Morgan fingerprint density at radius 2 is 1.37 bits per heavy atom. The third kappa shape index (κ3) is 19.5. The highest BCUT2D eigenvalue weighted by Crippen LogP contribution is 2.22. The molecule has 1 amide bonds. The van der Waals surface area contributed by atoms with E-state index in [2.05, 4.69) is 67.8 Å². The molecule has 7 unspecified atom stereocenters. The standard InChI is InChI=1S/C37H63NO8/c1-3-5-7-9-11-13-14-15-16-17-18-19-21-23-25-27-33(41)38-30(31(40)26-24-22-20-12-10-8-6-4-2)29-45-37-36(44)35(43)34(42)32(28-39)46-37/h5,7,10-13,15-16,24,26,30-32,34-37,39-40,42-44H,3-4,6,8-9,14,17-23,25,27-29H2,1-2H3,(H,38,41)/b7-5-,12-10+,13-11-,16-15-,26-24+. The summed E-state index contributed by atoms with van der Waals surface area (Å²) in [6.45, 7) is 3.50. The topological polar surface area (TPSA) is 149 Å². The molecule has 0 aromatic heterocycles. The van der Waals surface area contributed by atoms with Gasteiger partial charge in [0.1, 0.15) is 24.4 Å². The highest BCUT2D eigenvalue weighted by atomic mass is 16.7. The van der Waals surface area contributed by atoms with Crippen molar-refractivity contribution in [3.05, 3.63) is 60.8 Å². The number of carbonyl (C=O) groups excluding carboxylic acids is 1. The van der Waals surface area contributed by atoms with Crippen molar-refractivity contribution in [3.8, 4) is 0 Å². The van der Waals surface area contributed by atoms with Gasteiger partial charge >= 0.3 is 0 Å². The second-order valence-electron chi connectivity index (χ2n) is 11.9. The van der Waals surface area contributed by atoms with Crippen LogP contribution in [0.5, 0.6) is 0 Å². The summed E-state index contributed by atoms with van der Waals surface area (Å²) in [7, 11) is 0. The van der Waals surface area contributed by atoms with Crippen LogP contribution in [0.3, 0.4) is 0 Å². The first-order valence-corrected chi connectivity index (χ1v) is 17.5. The average Bonchev–Trinajstić information content (AvgIpc) is 3.05. The molecule has 264 valence electrons. The number of aliphatic hydroxyl groups excluding tert-OH is 5. The number of rotatable bonds is 26. The molecule has 46 heavy (non-hydrogen) atoms. The lowest BCUT2D eigenvalue weighted by atomic mass is 9.99. The van der Waals surface area contributed by atoms with Crippen LogP contribution in [0.15, 0.2) is 60.8 Å². The SMILES string of the molecule is CC/C=C\C/C=C\C/C=C\CCCCCCCC(=O)NC(COC1OC(CO)C(O)C(O)C1O)C(O)/C=C/CC/C=C/CCCC. The number of hydrogen-bond donors (Lipinski definition) is 6. The van der Waals surface area contributed by atoms with Crippen LogP contribution in [0.2, 0.25) is 0 Å². The van der Waals surface area contributed by atoms with Gasteiger partial charge in [-0.15, -0.1) is 0 Å². The summed E-state index contributed by atoms with van der Waals surface area (Å²) in [6, 6.07) is -0.828. The highest BCUT2D eigenvalue weighted by molar-refractivity contribution is 5.76. The normalized spacial score (nSPS) is 23.8. The largest absolute Gasteiger partial charge is 0.394 e. The zero-order chi connectivity index (χ0) is 33.8. The van der Waals surface area contributed by atoms with E-state index in [1.165, 1.54) is 0 Å². The van der Waals surface area contributed by atoms with Gasteiger partial charge < -0.3 is 40.3 Å². The number of amides is 1. The van der Waals surface area contributed by atoms with Crippen LogP contribution in [0.25, 0.3) is 0 Å². The van der Waals surface area contributed by atoms with E-state index in [9.17, 15) is 30.3 Å². The van der Waals surface area contributed by atoms with Crippen LogP contribution >= 0.6 is 0 Å². The molecular weight excluding hydrogens is 586 g/mol. The Balaban J connectivity index is 2.49. The molecule has 9 heteroatoms. The third-order valence-electron chi connectivity index (χ3n) is 7.83. The average molecular weight is 650 g/mol. The number of allylic oxidation sites excluding steroid dienone is 9. The van der Waals surface area contributed by atoms with E-state index in [4.69, 9.17) is 9.47 Å². The number of ether oxygens (including phenoxy) is 2. The first-order chi connectivity index (χ1) is 22.3. The maximum absolute atomic E-state index is 12.8.